The highest BCUT2D eigenvalue weighted by atomic mass is 35.5. The number of benzene rings is 1. The van der Waals surface area contributed by atoms with Crippen LogP contribution in [0.3, 0.4) is 0 Å². The fraction of sp³-hybridized carbons (Fsp3) is 0.400. The molecular formula is C20H20ClN3O4S. The molecule has 4 rings (SSSR count). The van der Waals surface area contributed by atoms with Crippen LogP contribution >= 0.6 is 22.9 Å². The highest BCUT2D eigenvalue weighted by Crippen LogP contribution is 2.33. The number of amides is 3. The van der Waals surface area contributed by atoms with E-state index in [4.69, 9.17) is 16.3 Å². The van der Waals surface area contributed by atoms with Crippen LogP contribution < -0.4 is 5.32 Å². The van der Waals surface area contributed by atoms with Crippen LogP contribution in [-0.4, -0.2) is 39.9 Å². The predicted octanol–water partition coefficient (Wildman–Crippen LogP) is 3.76. The van der Waals surface area contributed by atoms with Gasteiger partial charge in [0.25, 0.3) is 5.91 Å². The Morgan fingerprint density at radius 2 is 1.93 bits per heavy atom. The molecular weight excluding hydrogens is 414 g/mol. The molecule has 7 nitrogen and oxygen atoms in total. The Balaban J connectivity index is 1.33. The van der Waals surface area contributed by atoms with Gasteiger partial charge in [0.05, 0.1) is 5.69 Å². The summed E-state index contributed by atoms with van der Waals surface area (Å²) in [4.78, 5) is 42.5. The van der Waals surface area contributed by atoms with Gasteiger partial charge >= 0.3 is 12.0 Å². The number of rotatable bonds is 5. The maximum atomic E-state index is 12.7. The first kappa shape index (κ1) is 19.8. The number of urea groups is 1. The van der Waals surface area contributed by atoms with E-state index in [9.17, 15) is 14.4 Å². The van der Waals surface area contributed by atoms with E-state index in [1.807, 2.05) is 17.5 Å². The van der Waals surface area contributed by atoms with Gasteiger partial charge in [0, 0.05) is 16.0 Å². The number of esters is 1. The van der Waals surface area contributed by atoms with Crippen LogP contribution in [0.15, 0.2) is 29.6 Å². The van der Waals surface area contributed by atoms with Gasteiger partial charge in [-0.25, -0.2) is 9.78 Å². The van der Waals surface area contributed by atoms with Crippen molar-refractivity contribution in [3.8, 4) is 10.6 Å². The van der Waals surface area contributed by atoms with Crippen molar-refractivity contribution in [2.24, 2.45) is 0 Å². The number of aromatic nitrogens is 1. The Hall–Kier alpha value is -2.45. The van der Waals surface area contributed by atoms with Gasteiger partial charge in [-0.1, -0.05) is 43.0 Å². The zero-order valence-corrected chi connectivity index (χ0v) is 17.2. The van der Waals surface area contributed by atoms with Gasteiger partial charge in [-0.05, 0) is 25.0 Å². The number of imide groups is 1. The Morgan fingerprint density at radius 1 is 1.21 bits per heavy atom. The summed E-state index contributed by atoms with van der Waals surface area (Å²) in [5, 5.41) is 6.03. The minimum atomic E-state index is -0.835. The lowest BCUT2D eigenvalue weighted by molar-refractivity contribution is -0.149. The average Bonchev–Trinajstić information content (AvgIpc) is 3.27. The molecule has 1 aromatic heterocycles. The minimum absolute atomic E-state index is 0.0162. The van der Waals surface area contributed by atoms with Gasteiger partial charge < -0.3 is 10.1 Å². The molecule has 1 spiro atoms. The normalized spacial score (nSPS) is 18.2. The second-order valence-electron chi connectivity index (χ2n) is 7.28. The summed E-state index contributed by atoms with van der Waals surface area (Å²) in [6.07, 6.45) is 4.08. The Kier molecular flexibility index (Phi) is 5.56. The maximum absolute atomic E-state index is 12.7. The van der Waals surface area contributed by atoms with Crippen LogP contribution in [-0.2, 0) is 20.9 Å². The maximum Gasteiger partial charge on any atom is 0.326 e. The van der Waals surface area contributed by atoms with E-state index in [0.717, 1.165) is 34.7 Å². The molecule has 2 fully saturated rings. The fourth-order valence-electron chi connectivity index (χ4n) is 3.74. The number of carbonyl (C=O) groups excluding carboxylic acids is 3. The summed E-state index contributed by atoms with van der Waals surface area (Å²) in [6.45, 7) is -0.404. The first-order chi connectivity index (χ1) is 14.0. The third-order valence-electron chi connectivity index (χ3n) is 5.26. The van der Waals surface area contributed by atoms with Crippen molar-refractivity contribution in [2.45, 2.75) is 44.2 Å². The molecule has 1 aliphatic heterocycles. The number of nitrogens with zero attached hydrogens (tertiary/aromatic N) is 2. The molecule has 29 heavy (non-hydrogen) atoms. The molecule has 0 radical (unpaired) electrons. The molecule has 1 saturated heterocycles. The van der Waals surface area contributed by atoms with Crippen molar-refractivity contribution < 1.29 is 19.1 Å². The van der Waals surface area contributed by atoms with E-state index in [2.05, 4.69) is 10.3 Å². The molecule has 1 N–H and O–H groups in total. The van der Waals surface area contributed by atoms with Crippen molar-refractivity contribution in [1.82, 2.24) is 15.2 Å². The molecule has 3 amide bonds. The monoisotopic (exact) mass is 433 g/mol. The van der Waals surface area contributed by atoms with Crippen molar-refractivity contribution in [3.05, 3.63) is 40.4 Å². The fourth-order valence-corrected chi connectivity index (χ4v) is 4.68. The molecule has 2 heterocycles. The lowest BCUT2D eigenvalue weighted by Crippen LogP contribution is -2.48. The van der Waals surface area contributed by atoms with Gasteiger partial charge in [0.15, 0.2) is 0 Å². The number of carbonyl (C=O) groups is 3. The second-order valence-corrected chi connectivity index (χ2v) is 8.57. The highest BCUT2D eigenvalue weighted by Gasteiger charge is 2.51. The molecule has 152 valence electrons. The van der Waals surface area contributed by atoms with Crippen LogP contribution in [0, 0.1) is 0 Å². The first-order valence-electron chi connectivity index (χ1n) is 9.47. The molecule has 1 aromatic carbocycles. The molecule has 9 heteroatoms. The van der Waals surface area contributed by atoms with Crippen LogP contribution in [0.2, 0.25) is 5.02 Å². The second kappa shape index (κ2) is 8.12. The van der Waals surface area contributed by atoms with E-state index in [-0.39, 0.29) is 19.1 Å². The standard InChI is InChI=1S/C20H20ClN3O4S/c21-14-6-4-13(5-7-14)17-22-15(12-29-17)11-28-16(25)10-24-18(26)20(23-19(24)27)8-2-1-3-9-20/h4-7,12H,1-3,8-11H2,(H,23,27). The number of hydrogen-bond donors (Lipinski definition) is 1. The Morgan fingerprint density at radius 3 is 2.66 bits per heavy atom. The highest BCUT2D eigenvalue weighted by molar-refractivity contribution is 7.13. The minimum Gasteiger partial charge on any atom is -0.458 e. The number of hydrogen-bond acceptors (Lipinski definition) is 6. The predicted molar refractivity (Wildman–Crippen MR) is 108 cm³/mol. The number of nitrogens with one attached hydrogen (secondary N) is 1. The van der Waals surface area contributed by atoms with Crippen molar-refractivity contribution in [1.29, 1.82) is 0 Å². The lowest BCUT2D eigenvalue weighted by Gasteiger charge is -2.30. The third-order valence-corrected chi connectivity index (χ3v) is 6.46. The van der Waals surface area contributed by atoms with E-state index in [1.54, 1.807) is 12.1 Å². The van der Waals surface area contributed by atoms with Crippen LogP contribution in [0.4, 0.5) is 4.79 Å². The van der Waals surface area contributed by atoms with E-state index < -0.39 is 17.5 Å². The van der Waals surface area contributed by atoms with E-state index >= 15 is 0 Å². The van der Waals surface area contributed by atoms with Crippen LogP contribution in [0.5, 0.6) is 0 Å². The average molecular weight is 434 g/mol. The molecule has 0 unspecified atom stereocenters. The van der Waals surface area contributed by atoms with Crippen LogP contribution in [0.25, 0.3) is 10.6 Å². The van der Waals surface area contributed by atoms with E-state index in [1.165, 1.54) is 11.3 Å². The summed E-state index contributed by atoms with van der Waals surface area (Å²) in [5.74, 6) is -0.958. The van der Waals surface area contributed by atoms with Gasteiger partial charge in [-0.2, -0.15) is 0 Å². The molecule has 2 aromatic rings. The SMILES string of the molecule is O=C(CN1C(=O)NC2(CCCCC2)C1=O)OCc1csc(-c2ccc(Cl)cc2)n1. The number of halogens is 1. The smallest absolute Gasteiger partial charge is 0.326 e. The Labute approximate surface area is 177 Å². The third kappa shape index (κ3) is 4.13. The zero-order chi connectivity index (χ0) is 20.4. The summed E-state index contributed by atoms with van der Waals surface area (Å²) in [5.41, 5.74) is 0.696. The van der Waals surface area contributed by atoms with Gasteiger partial charge in [-0.15, -0.1) is 11.3 Å². The number of thiazole rings is 1. The lowest BCUT2D eigenvalue weighted by atomic mass is 9.82. The van der Waals surface area contributed by atoms with Gasteiger partial charge in [0.1, 0.15) is 23.7 Å². The molecule has 1 aliphatic carbocycles. The number of ether oxygens (including phenoxy) is 1. The van der Waals surface area contributed by atoms with Crippen molar-refractivity contribution >= 4 is 40.8 Å². The summed E-state index contributed by atoms with van der Waals surface area (Å²) >= 11 is 7.33. The summed E-state index contributed by atoms with van der Waals surface area (Å²) in [6, 6.07) is 6.79. The van der Waals surface area contributed by atoms with Crippen molar-refractivity contribution in [3.63, 3.8) is 0 Å². The molecule has 2 aliphatic rings. The molecule has 0 bridgehead atoms. The van der Waals surface area contributed by atoms with E-state index in [0.29, 0.717) is 23.6 Å². The quantitative estimate of drug-likeness (QED) is 0.572. The topological polar surface area (TPSA) is 88.6 Å². The Bertz CT molecular complexity index is 937. The van der Waals surface area contributed by atoms with Gasteiger partial charge in [-0.3, -0.25) is 14.5 Å². The molecule has 1 saturated carbocycles. The summed E-state index contributed by atoms with van der Waals surface area (Å²) in [7, 11) is 0. The molecule has 0 atom stereocenters. The van der Waals surface area contributed by atoms with Crippen molar-refractivity contribution in [2.75, 3.05) is 6.54 Å². The summed E-state index contributed by atoms with van der Waals surface area (Å²) < 4.78 is 5.24. The van der Waals surface area contributed by atoms with Gasteiger partial charge in [0.2, 0.25) is 0 Å². The largest absolute Gasteiger partial charge is 0.458 e. The first-order valence-corrected chi connectivity index (χ1v) is 10.7. The zero-order valence-electron chi connectivity index (χ0n) is 15.7. The van der Waals surface area contributed by atoms with Crippen LogP contribution in [0.1, 0.15) is 37.8 Å².